The topological polar surface area (TPSA) is 134 Å². The fourth-order valence-electron chi connectivity index (χ4n) is 2.97. The SMILES string of the molecule is [2H]C([2H])([2H])NC(=O)c1nnc(NC(=O)C2CC2)cc1Nc1cccc(-c2ccn[nH]2)c1OC. The van der Waals surface area contributed by atoms with Gasteiger partial charge in [-0.25, -0.2) is 0 Å². The van der Waals surface area contributed by atoms with Crippen molar-refractivity contribution in [1.82, 2.24) is 25.7 Å². The molecule has 1 aliphatic rings. The Morgan fingerprint density at radius 2 is 2.10 bits per heavy atom. The van der Waals surface area contributed by atoms with Gasteiger partial charge in [0, 0.05) is 34.8 Å². The van der Waals surface area contributed by atoms with Gasteiger partial charge in [0.2, 0.25) is 5.91 Å². The number of hydrogen-bond acceptors (Lipinski definition) is 7. The summed E-state index contributed by atoms with van der Waals surface area (Å²) in [5, 5.41) is 22.2. The molecule has 3 aromatic rings. The largest absolute Gasteiger partial charge is 0.494 e. The second kappa shape index (κ2) is 8.19. The van der Waals surface area contributed by atoms with Crippen LogP contribution < -0.4 is 20.7 Å². The van der Waals surface area contributed by atoms with Crippen molar-refractivity contribution in [2.24, 2.45) is 5.92 Å². The molecule has 1 aromatic carbocycles. The highest BCUT2D eigenvalue weighted by molar-refractivity contribution is 6.00. The van der Waals surface area contributed by atoms with Crippen molar-refractivity contribution in [3.05, 3.63) is 42.2 Å². The van der Waals surface area contributed by atoms with Gasteiger partial charge in [0.05, 0.1) is 24.2 Å². The molecule has 0 bridgehead atoms. The lowest BCUT2D eigenvalue weighted by Gasteiger charge is -2.16. The summed E-state index contributed by atoms with van der Waals surface area (Å²) in [7, 11) is 1.49. The van der Waals surface area contributed by atoms with Crippen molar-refractivity contribution in [3.8, 4) is 17.0 Å². The average Bonchev–Trinajstić information content (AvgIpc) is 3.47. The van der Waals surface area contributed by atoms with Gasteiger partial charge >= 0.3 is 0 Å². The summed E-state index contributed by atoms with van der Waals surface area (Å²) in [4.78, 5) is 24.7. The van der Waals surface area contributed by atoms with Crippen LogP contribution in [0.25, 0.3) is 11.3 Å². The zero-order valence-corrected chi connectivity index (χ0v) is 16.0. The molecule has 0 radical (unpaired) electrons. The van der Waals surface area contributed by atoms with Crippen molar-refractivity contribution in [3.63, 3.8) is 0 Å². The van der Waals surface area contributed by atoms with E-state index in [1.165, 1.54) is 13.2 Å². The van der Waals surface area contributed by atoms with Gasteiger partial charge in [-0.15, -0.1) is 10.2 Å². The Bertz CT molecular complexity index is 1180. The molecule has 30 heavy (non-hydrogen) atoms. The molecule has 10 nitrogen and oxygen atoms in total. The van der Waals surface area contributed by atoms with Gasteiger partial charge in [-0.3, -0.25) is 14.7 Å². The Hall–Kier alpha value is -3.95. The number of carbonyl (C=O) groups excluding carboxylic acids is 2. The summed E-state index contributed by atoms with van der Waals surface area (Å²) in [6.07, 6.45) is 3.22. The lowest BCUT2D eigenvalue weighted by atomic mass is 10.1. The van der Waals surface area contributed by atoms with E-state index < -0.39 is 12.9 Å². The van der Waals surface area contributed by atoms with Crippen molar-refractivity contribution in [2.45, 2.75) is 12.8 Å². The van der Waals surface area contributed by atoms with Crippen molar-refractivity contribution >= 4 is 29.0 Å². The van der Waals surface area contributed by atoms with Crippen molar-refractivity contribution < 1.29 is 18.4 Å². The number of H-pyrrole nitrogens is 1. The third kappa shape index (κ3) is 3.93. The van der Waals surface area contributed by atoms with E-state index in [9.17, 15) is 9.59 Å². The maximum Gasteiger partial charge on any atom is 0.273 e. The highest BCUT2D eigenvalue weighted by Gasteiger charge is 2.30. The van der Waals surface area contributed by atoms with Crippen LogP contribution in [0.1, 0.15) is 27.4 Å². The summed E-state index contributed by atoms with van der Waals surface area (Å²) in [6.45, 7) is -2.72. The monoisotopic (exact) mass is 410 g/mol. The first-order valence-electron chi connectivity index (χ1n) is 10.7. The molecule has 2 amide bonds. The van der Waals surface area contributed by atoms with E-state index in [0.717, 1.165) is 12.8 Å². The first kappa shape index (κ1) is 15.9. The van der Waals surface area contributed by atoms with E-state index in [0.29, 0.717) is 22.7 Å². The minimum atomic E-state index is -2.72. The molecule has 2 heterocycles. The van der Waals surface area contributed by atoms with E-state index >= 15 is 0 Å². The normalized spacial score (nSPS) is 14.8. The van der Waals surface area contributed by atoms with Crippen LogP contribution >= 0.6 is 0 Å². The number of benzene rings is 1. The lowest BCUT2D eigenvalue weighted by Crippen LogP contribution is -2.22. The molecule has 10 heteroatoms. The molecule has 0 unspecified atom stereocenters. The van der Waals surface area contributed by atoms with Gasteiger partial charge in [-0.2, -0.15) is 5.10 Å². The fraction of sp³-hybridized carbons (Fsp3) is 0.250. The number of methoxy groups -OCH3 is 1. The van der Waals surface area contributed by atoms with Crippen molar-refractivity contribution in [1.29, 1.82) is 0 Å². The van der Waals surface area contributed by atoms with Crippen LogP contribution in [0.5, 0.6) is 5.75 Å². The Kier molecular flexibility index (Phi) is 4.35. The zero-order valence-electron chi connectivity index (χ0n) is 19.0. The third-order valence-electron chi connectivity index (χ3n) is 4.60. The number of hydrogen-bond donors (Lipinski definition) is 4. The van der Waals surface area contributed by atoms with Gasteiger partial charge in [-0.1, -0.05) is 6.07 Å². The molecular weight excluding hydrogens is 386 g/mol. The Morgan fingerprint density at radius 3 is 2.80 bits per heavy atom. The predicted octanol–water partition coefficient (Wildman–Crippen LogP) is 2.33. The summed E-state index contributed by atoms with van der Waals surface area (Å²) >= 11 is 0. The number of ether oxygens (including phenoxy) is 1. The third-order valence-corrected chi connectivity index (χ3v) is 4.60. The molecule has 0 spiro atoms. The van der Waals surface area contributed by atoms with Crippen molar-refractivity contribution in [2.75, 3.05) is 24.7 Å². The van der Waals surface area contributed by atoms with E-state index in [1.54, 1.807) is 24.4 Å². The van der Waals surface area contributed by atoms with Crippen LogP contribution in [0.2, 0.25) is 0 Å². The fourth-order valence-corrected chi connectivity index (χ4v) is 2.97. The van der Waals surface area contributed by atoms with Crippen LogP contribution in [0.4, 0.5) is 17.2 Å². The zero-order chi connectivity index (χ0) is 23.6. The highest BCUT2D eigenvalue weighted by Crippen LogP contribution is 2.37. The van der Waals surface area contributed by atoms with Crippen LogP contribution in [0.3, 0.4) is 0 Å². The average molecular weight is 410 g/mol. The van der Waals surface area contributed by atoms with Gasteiger partial charge in [0.1, 0.15) is 0 Å². The predicted molar refractivity (Wildman–Crippen MR) is 111 cm³/mol. The molecule has 154 valence electrons. The molecule has 1 saturated carbocycles. The minimum absolute atomic E-state index is 0.0621. The molecule has 0 atom stereocenters. The van der Waals surface area contributed by atoms with Crippen LogP contribution in [0.15, 0.2) is 36.5 Å². The standard InChI is InChI=1S/C20H21N7O3/c1-21-20(29)17-15(10-16(26-27-17)24-19(28)11-6-7-11)23-14-5-3-4-12(18(14)30-2)13-8-9-22-25-13/h3-5,8-11H,6-7H2,1-2H3,(H,21,29)(H,22,25)(H2,23,24,26,28)/i1D3. The van der Waals surface area contributed by atoms with Crippen LogP contribution in [-0.4, -0.2) is 46.3 Å². The van der Waals surface area contributed by atoms with E-state index in [1.807, 2.05) is 11.4 Å². The summed E-state index contributed by atoms with van der Waals surface area (Å²) in [5.74, 6) is -0.622. The Balaban J connectivity index is 1.72. The second-order valence-corrected chi connectivity index (χ2v) is 6.69. The van der Waals surface area contributed by atoms with Gasteiger partial charge in [0.15, 0.2) is 17.3 Å². The molecule has 0 saturated heterocycles. The lowest BCUT2D eigenvalue weighted by molar-refractivity contribution is -0.117. The molecule has 1 fully saturated rings. The van der Waals surface area contributed by atoms with Crippen LogP contribution in [0, 0.1) is 5.92 Å². The highest BCUT2D eigenvalue weighted by atomic mass is 16.5. The number of aromatic amines is 1. The number of para-hydroxylation sites is 1. The number of rotatable bonds is 7. The summed E-state index contributed by atoms with van der Waals surface area (Å²) in [6, 6.07) is 8.51. The molecule has 4 rings (SSSR count). The smallest absolute Gasteiger partial charge is 0.273 e. The molecule has 1 aliphatic carbocycles. The number of carbonyl (C=O) groups is 2. The molecule has 0 aliphatic heterocycles. The van der Waals surface area contributed by atoms with E-state index in [2.05, 4.69) is 31.0 Å². The quantitative estimate of drug-likeness (QED) is 0.470. The van der Waals surface area contributed by atoms with Crippen LogP contribution in [-0.2, 0) is 4.79 Å². The minimum Gasteiger partial charge on any atom is -0.494 e. The maximum absolute atomic E-state index is 12.6. The van der Waals surface area contributed by atoms with E-state index in [4.69, 9.17) is 8.85 Å². The first-order valence-corrected chi connectivity index (χ1v) is 9.20. The van der Waals surface area contributed by atoms with E-state index in [-0.39, 0.29) is 29.0 Å². The Labute approximate surface area is 176 Å². The number of nitrogens with one attached hydrogen (secondary N) is 4. The number of aromatic nitrogens is 4. The van der Waals surface area contributed by atoms with Gasteiger partial charge in [0.25, 0.3) is 5.91 Å². The second-order valence-electron chi connectivity index (χ2n) is 6.69. The molecule has 4 N–H and O–H groups in total. The van der Waals surface area contributed by atoms with Gasteiger partial charge < -0.3 is 20.7 Å². The number of amides is 2. The Morgan fingerprint density at radius 1 is 1.23 bits per heavy atom. The maximum atomic E-state index is 12.6. The summed E-state index contributed by atoms with van der Waals surface area (Å²) < 4.78 is 27.5. The molecule has 2 aromatic heterocycles. The first-order chi connectivity index (χ1) is 15.7. The summed E-state index contributed by atoms with van der Waals surface area (Å²) in [5.41, 5.74) is 1.77. The number of nitrogens with zero attached hydrogens (tertiary/aromatic N) is 3. The molecular formula is C20H21N7O3. The number of anilines is 3. The van der Waals surface area contributed by atoms with Gasteiger partial charge in [-0.05, 0) is 31.0 Å².